The molecule has 200 valence electrons. The van der Waals surface area contributed by atoms with Crippen LogP contribution in [-0.2, 0) is 14.3 Å². The Kier molecular flexibility index (Phi) is 7.97. The number of esters is 1. The number of hydrogen-bond acceptors (Lipinski definition) is 7. The first kappa shape index (κ1) is 26.9. The molecule has 3 aromatic carbocycles. The summed E-state index contributed by atoms with van der Waals surface area (Å²) in [6.07, 6.45) is 0.101. The number of piperazine rings is 1. The summed E-state index contributed by atoms with van der Waals surface area (Å²) in [6, 6.07) is 19.6. The van der Waals surface area contributed by atoms with Crippen molar-refractivity contribution < 1.29 is 23.9 Å². The van der Waals surface area contributed by atoms with Crippen molar-refractivity contribution in [2.45, 2.75) is 12.5 Å². The van der Waals surface area contributed by atoms with Gasteiger partial charge in [0.2, 0.25) is 11.7 Å². The van der Waals surface area contributed by atoms with Crippen molar-refractivity contribution in [2.75, 3.05) is 42.6 Å². The van der Waals surface area contributed by atoms with Crippen molar-refractivity contribution >= 4 is 58.1 Å². The van der Waals surface area contributed by atoms with Gasteiger partial charge in [-0.2, -0.15) is 0 Å². The lowest BCUT2D eigenvalue weighted by Gasteiger charge is -2.38. The number of rotatable bonds is 7. The number of ketones is 1. The minimum absolute atomic E-state index is 0.101. The second-order valence-corrected chi connectivity index (χ2v) is 10.2. The van der Waals surface area contributed by atoms with E-state index in [0.29, 0.717) is 36.9 Å². The molecule has 2 aliphatic heterocycles. The van der Waals surface area contributed by atoms with Gasteiger partial charge >= 0.3 is 5.97 Å². The van der Waals surface area contributed by atoms with E-state index in [9.17, 15) is 19.2 Å². The molecule has 0 saturated carbocycles. The van der Waals surface area contributed by atoms with Crippen LogP contribution in [0.2, 0.25) is 10.0 Å². The summed E-state index contributed by atoms with van der Waals surface area (Å²) in [5, 5.41) is 0.955. The summed E-state index contributed by atoms with van der Waals surface area (Å²) < 4.78 is 5.14. The predicted octanol–water partition coefficient (Wildman–Crippen LogP) is 4.49. The molecule has 0 aliphatic carbocycles. The molecule has 2 heterocycles. The first-order chi connectivity index (χ1) is 18.8. The molecule has 8 nitrogen and oxygen atoms in total. The Balaban J connectivity index is 1.18. The van der Waals surface area contributed by atoms with E-state index in [1.54, 1.807) is 24.3 Å². The number of anilines is 2. The molecule has 1 unspecified atom stereocenters. The lowest BCUT2D eigenvalue weighted by Crippen LogP contribution is -2.52. The van der Waals surface area contributed by atoms with Crippen LogP contribution in [0.15, 0.2) is 72.8 Å². The number of imide groups is 1. The van der Waals surface area contributed by atoms with Gasteiger partial charge in [0, 0.05) is 42.5 Å². The van der Waals surface area contributed by atoms with Gasteiger partial charge in [0.1, 0.15) is 0 Å². The minimum Gasteiger partial charge on any atom is -0.454 e. The van der Waals surface area contributed by atoms with Gasteiger partial charge in [0.05, 0.1) is 28.7 Å². The van der Waals surface area contributed by atoms with E-state index >= 15 is 0 Å². The average molecular weight is 566 g/mol. The van der Waals surface area contributed by atoms with Gasteiger partial charge in [0.25, 0.3) is 5.91 Å². The second-order valence-electron chi connectivity index (χ2n) is 9.32. The van der Waals surface area contributed by atoms with Gasteiger partial charge in [-0.3, -0.25) is 19.3 Å². The van der Waals surface area contributed by atoms with Crippen LogP contribution in [0.25, 0.3) is 0 Å². The van der Waals surface area contributed by atoms with Crippen molar-refractivity contribution in [1.29, 1.82) is 0 Å². The molecule has 2 saturated heterocycles. The van der Waals surface area contributed by atoms with Crippen LogP contribution in [0.1, 0.15) is 27.1 Å². The third kappa shape index (κ3) is 5.83. The van der Waals surface area contributed by atoms with E-state index < -0.39 is 24.4 Å². The average Bonchev–Trinajstić information content (AvgIpc) is 3.25. The standard InChI is InChI=1S/C29H25Cl2N3O5/c30-20-4-3-5-22(16-20)32-12-14-33(15-13-32)25-17-27(36)34(28(25)37)21-10-8-19(9-11-21)29(38)39-18-26(35)23-6-1-2-7-24(23)31/h1-11,16,25H,12-15,17-18H2. The first-order valence-corrected chi connectivity index (χ1v) is 13.2. The molecule has 2 aliphatic rings. The summed E-state index contributed by atoms with van der Waals surface area (Å²) in [5.41, 5.74) is 1.88. The number of amides is 2. The summed E-state index contributed by atoms with van der Waals surface area (Å²) in [6.45, 7) is 2.26. The van der Waals surface area contributed by atoms with Gasteiger partial charge in [-0.15, -0.1) is 0 Å². The van der Waals surface area contributed by atoms with E-state index in [1.807, 2.05) is 29.2 Å². The monoisotopic (exact) mass is 565 g/mol. The number of ether oxygens (including phenoxy) is 1. The van der Waals surface area contributed by atoms with E-state index in [-0.39, 0.29) is 34.4 Å². The molecule has 2 amide bonds. The third-order valence-electron chi connectivity index (χ3n) is 6.92. The number of halogens is 2. The maximum atomic E-state index is 13.3. The maximum Gasteiger partial charge on any atom is 0.338 e. The number of carbonyl (C=O) groups excluding carboxylic acids is 4. The minimum atomic E-state index is -0.698. The Morgan fingerprint density at radius 2 is 1.56 bits per heavy atom. The number of benzene rings is 3. The van der Waals surface area contributed by atoms with Gasteiger partial charge in [-0.25, -0.2) is 9.69 Å². The Morgan fingerprint density at radius 3 is 2.26 bits per heavy atom. The van der Waals surface area contributed by atoms with Crippen molar-refractivity contribution in [3.63, 3.8) is 0 Å². The number of carbonyl (C=O) groups is 4. The van der Waals surface area contributed by atoms with Crippen LogP contribution < -0.4 is 9.80 Å². The molecule has 0 bridgehead atoms. The topological polar surface area (TPSA) is 87.2 Å². The molecular formula is C29H25Cl2N3O5. The summed E-state index contributed by atoms with van der Waals surface area (Å²) in [5.74, 6) is -1.69. The van der Waals surface area contributed by atoms with Crippen LogP contribution in [0.4, 0.5) is 11.4 Å². The molecule has 10 heteroatoms. The van der Waals surface area contributed by atoms with Crippen LogP contribution >= 0.6 is 23.2 Å². The highest BCUT2D eigenvalue weighted by Crippen LogP contribution is 2.28. The summed E-state index contributed by atoms with van der Waals surface area (Å²) >= 11 is 12.1. The molecule has 0 aromatic heterocycles. The van der Waals surface area contributed by atoms with E-state index in [4.69, 9.17) is 27.9 Å². The van der Waals surface area contributed by atoms with Crippen molar-refractivity contribution in [3.8, 4) is 0 Å². The first-order valence-electron chi connectivity index (χ1n) is 12.5. The molecule has 3 aromatic rings. The number of hydrogen-bond donors (Lipinski definition) is 0. The van der Waals surface area contributed by atoms with Gasteiger partial charge in [-0.05, 0) is 54.6 Å². The zero-order valence-electron chi connectivity index (χ0n) is 20.9. The van der Waals surface area contributed by atoms with Crippen LogP contribution in [-0.4, -0.2) is 67.3 Å². The van der Waals surface area contributed by atoms with Gasteiger partial charge in [0.15, 0.2) is 6.61 Å². The normalized spacial score (nSPS) is 17.9. The molecule has 1 atom stereocenters. The molecule has 0 radical (unpaired) electrons. The molecule has 39 heavy (non-hydrogen) atoms. The Morgan fingerprint density at radius 1 is 0.846 bits per heavy atom. The second kappa shape index (κ2) is 11.6. The zero-order valence-corrected chi connectivity index (χ0v) is 22.4. The Labute approximate surface area is 235 Å². The largest absolute Gasteiger partial charge is 0.454 e. The number of Topliss-reactive ketones (excluding diaryl/α,β-unsaturated/α-hetero) is 1. The van der Waals surface area contributed by atoms with Crippen LogP contribution in [0, 0.1) is 0 Å². The molecule has 0 spiro atoms. The predicted molar refractivity (Wildman–Crippen MR) is 149 cm³/mol. The highest BCUT2D eigenvalue weighted by atomic mass is 35.5. The van der Waals surface area contributed by atoms with Gasteiger partial charge in [-0.1, -0.05) is 41.4 Å². The zero-order chi connectivity index (χ0) is 27.5. The fraction of sp³-hybridized carbons (Fsp3) is 0.241. The fourth-order valence-corrected chi connectivity index (χ4v) is 5.29. The van der Waals surface area contributed by atoms with Crippen molar-refractivity contribution in [2.24, 2.45) is 0 Å². The van der Waals surface area contributed by atoms with E-state index in [0.717, 1.165) is 5.69 Å². The molecule has 5 rings (SSSR count). The lowest BCUT2D eigenvalue weighted by molar-refractivity contribution is -0.123. The quantitative estimate of drug-likeness (QED) is 0.237. The molecule has 0 N–H and O–H groups in total. The van der Waals surface area contributed by atoms with Crippen LogP contribution in [0.5, 0.6) is 0 Å². The fourth-order valence-electron chi connectivity index (χ4n) is 4.86. The number of nitrogens with zero attached hydrogens (tertiary/aromatic N) is 3. The van der Waals surface area contributed by atoms with Crippen molar-refractivity contribution in [1.82, 2.24) is 4.90 Å². The van der Waals surface area contributed by atoms with Crippen molar-refractivity contribution in [3.05, 3.63) is 94.0 Å². The lowest BCUT2D eigenvalue weighted by atomic mass is 10.1. The maximum absolute atomic E-state index is 13.3. The summed E-state index contributed by atoms with van der Waals surface area (Å²) in [7, 11) is 0. The molecular weight excluding hydrogens is 541 g/mol. The van der Waals surface area contributed by atoms with E-state index in [1.165, 1.54) is 29.2 Å². The molecule has 2 fully saturated rings. The van der Waals surface area contributed by atoms with Gasteiger partial charge < -0.3 is 9.64 Å². The SMILES string of the molecule is O=C(OCC(=O)c1ccccc1Cl)c1ccc(N2C(=O)CC(N3CCN(c4cccc(Cl)c4)CC3)C2=O)cc1. The highest BCUT2D eigenvalue weighted by Gasteiger charge is 2.43. The summed E-state index contributed by atoms with van der Waals surface area (Å²) in [4.78, 5) is 56.3. The van der Waals surface area contributed by atoms with E-state index in [2.05, 4.69) is 4.90 Å². The third-order valence-corrected chi connectivity index (χ3v) is 7.49. The smallest absolute Gasteiger partial charge is 0.338 e. The Bertz CT molecular complexity index is 1420. The Hall–Kier alpha value is -3.72. The highest BCUT2D eigenvalue weighted by molar-refractivity contribution is 6.34. The van der Waals surface area contributed by atoms with Crippen LogP contribution in [0.3, 0.4) is 0 Å².